The van der Waals surface area contributed by atoms with Crippen molar-refractivity contribution in [3.05, 3.63) is 40.6 Å². The maximum atomic E-state index is 6.13. The highest BCUT2D eigenvalue weighted by Crippen LogP contribution is 2.39. The summed E-state index contributed by atoms with van der Waals surface area (Å²) in [4.78, 5) is 4.19. The van der Waals surface area contributed by atoms with Crippen molar-refractivity contribution in [2.24, 2.45) is 0 Å². The van der Waals surface area contributed by atoms with E-state index in [-0.39, 0.29) is 6.79 Å². The van der Waals surface area contributed by atoms with Gasteiger partial charge in [0.1, 0.15) is 5.76 Å². The third-order valence-electron chi connectivity index (χ3n) is 3.04. The van der Waals surface area contributed by atoms with Crippen molar-refractivity contribution in [1.29, 1.82) is 0 Å². The van der Waals surface area contributed by atoms with Crippen LogP contribution in [0.1, 0.15) is 24.1 Å². The molecule has 0 atom stereocenters. The van der Waals surface area contributed by atoms with E-state index in [1.807, 2.05) is 19.1 Å². The van der Waals surface area contributed by atoms with Gasteiger partial charge in [0, 0.05) is 13.0 Å². The third kappa shape index (κ3) is 2.73. The number of nitrogens with zero attached hydrogens (tertiary/aromatic N) is 1. The van der Waals surface area contributed by atoms with E-state index in [0.29, 0.717) is 35.5 Å². The Morgan fingerprint density at radius 1 is 1.30 bits per heavy atom. The lowest BCUT2D eigenvalue weighted by atomic mass is 10.2. The number of aryl methyl sites for hydroxylation is 1. The van der Waals surface area contributed by atoms with E-state index in [9.17, 15) is 0 Å². The smallest absolute Gasteiger partial charge is 0.231 e. The molecule has 1 aliphatic heterocycles. The quantitative estimate of drug-likeness (QED) is 0.919. The molecule has 1 aliphatic rings. The molecule has 6 heteroatoms. The minimum atomic E-state index is 0.224. The Morgan fingerprint density at radius 3 is 3.00 bits per heavy atom. The molecule has 0 bridgehead atoms. The van der Waals surface area contributed by atoms with Crippen LogP contribution in [0.15, 0.2) is 22.7 Å². The first kappa shape index (κ1) is 13.3. The van der Waals surface area contributed by atoms with Crippen LogP contribution in [0.25, 0.3) is 0 Å². The van der Waals surface area contributed by atoms with Gasteiger partial charge in [-0.25, -0.2) is 4.98 Å². The summed E-state index contributed by atoms with van der Waals surface area (Å²) in [5.74, 6) is 2.90. The van der Waals surface area contributed by atoms with Crippen LogP contribution < -0.4 is 14.8 Å². The Balaban J connectivity index is 1.60. The van der Waals surface area contributed by atoms with Crippen molar-refractivity contribution in [3.63, 3.8) is 0 Å². The van der Waals surface area contributed by atoms with Gasteiger partial charge in [-0.3, -0.25) is 0 Å². The molecule has 0 unspecified atom stereocenters. The molecule has 20 heavy (non-hydrogen) atoms. The molecule has 1 aromatic carbocycles. The number of oxazole rings is 1. The van der Waals surface area contributed by atoms with Crippen LogP contribution in [0.4, 0.5) is 0 Å². The highest BCUT2D eigenvalue weighted by atomic mass is 35.5. The average Bonchev–Trinajstić information content (AvgIpc) is 3.07. The third-order valence-corrected chi connectivity index (χ3v) is 3.32. The van der Waals surface area contributed by atoms with E-state index >= 15 is 0 Å². The van der Waals surface area contributed by atoms with Gasteiger partial charge in [0.05, 0.1) is 17.8 Å². The minimum Gasteiger partial charge on any atom is -0.454 e. The highest BCUT2D eigenvalue weighted by molar-refractivity contribution is 6.32. The van der Waals surface area contributed by atoms with Crippen LogP contribution in [0, 0.1) is 0 Å². The standard InChI is InChI=1S/C14H15ClN2O3/c1-2-10-6-17-13(20-10)7-16-5-9-3-11(15)14-12(4-9)18-8-19-14/h3-4,6,16H,2,5,7-8H2,1H3. The van der Waals surface area contributed by atoms with Gasteiger partial charge in [0.15, 0.2) is 11.5 Å². The van der Waals surface area contributed by atoms with Crippen LogP contribution >= 0.6 is 11.6 Å². The molecule has 0 spiro atoms. The monoisotopic (exact) mass is 294 g/mol. The van der Waals surface area contributed by atoms with Gasteiger partial charge in [-0.05, 0) is 17.7 Å². The van der Waals surface area contributed by atoms with E-state index in [1.54, 1.807) is 6.20 Å². The van der Waals surface area contributed by atoms with Crippen molar-refractivity contribution in [3.8, 4) is 11.5 Å². The summed E-state index contributed by atoms with van der Waals surface area (Å²) in [6, 6.07) is 3.79. The zero-order valence-electron chi connectivity index (χ0n) is 11.1. The molecule has 2 aromatic rings. The molecule has 5 nitrogen and oxygen atoms in total. The zero-order chi connectivity index (χ0) is 13.9. The Bertz CT molecular complexity index is 612. The number of rotatable bonds is 5. The number of benzene rings is 1. The van der Waals surface area contributed by atoms with Gasteiger partial charge in [-0.2, -0.15) is 0 Å². The number of fused-ring (bicyclic) bond motifs is 1. The van der Waals surface area contributed by atoms with Crippen molar-refractivity contribution >= 4 is 11.6 Å². The Kier molecular flexibility index (Phi) is 3.80. The van der Waals surface area contributed by atoms with E-state index in [0.717, 1.165) is 17.7 Å². The summed E-state index contributed by atoms with van der Waals surface area (Å²) in [6.07, 6.45) is 2.61. The molecule has 0 fully saturated rings. The Morgan fingerprint density at radius 2 is 2.20 bits per heavy atom. The lowest BCUT2D eigenvalue weighted by Gasteiger charge is -2.05. The van der Waals surface area contributed by atoms with Crippen molar-refractivity contribution in [2.45, 2.75) is 26.4 Å². The molecule has 1 aromatic heterocycles. The van der Waals surface area contributed by atoms with Crippen LogP contribution in [-0.4, -0.2) is 11.8 Å². The van der Waals surface area contributed by atoms with Gasteiger partial charge in [0.2, 0.25) is 12.7 Å². The summed E-state index contributed by atoms with van der Waals surface area (Å²) >= 11 is 6.13. The van der Waals surface area contributed by atoms with Gasteiger partial charge >= 0.3 is 0 Å². The normalized spacial score (nSPS) is 12.9. The van der Waals surface area contributed by atoms with Gasteiger partial charge in [-0.15, -0.1) is 0 Å². The van der Waals surface area contributed by atoms with E-state index in [1.165, 1.54) is 0 Å². The van der Waals surface area contributed by atoms with Crippen LogP contribution in [-0.2, 0) is 19.5 Å². The minimum absolute atomic E-state index is 0.224. The summed E-state index contributed by atoms with van der Waals surface area (Å²) in [5.41, 5.74) is 1.03. The fraction of sp³-hybridized carbons (Fsp3) is 0.357. The lowest BCUT2D eigenvalue weighted by Crippen LogP contribution is -2.12. The average molecular weight is 295 g/mol. The summed E-state index contributed by atoms with van der Waals surface area (Å²) in [5, 5.41) is 3.83. The SMILES string of the molecule is CCc1cnc(CNCc2cc(Cl)c3c(c2)OCO3)o1. The van der Waals surface area contributed by atoms with E-state index in [4.69, 9.17) is 25.5 Å². The fourth-order valence-electron chi connectivity index (χ4n) is 2.03. The first-order chi connectivity index (χ1) is 9.76. The number of halogens is 1. The second-order valence-corrected chi connectivity index (χ2v) is 4.90. The number of nitrogens with one attached hydrogen (secondary N) is 1. The highest BCUT2D eigenvalue weighted by Gasteiger charge is 2.18. The maximum absolute atomic E-state index is 6.13. The molecule has 0 saturated carbocycles. The van der Waals surface area contributed by atoms with Crippen molar-refractivity contribution in [1.82, 2.24) is 10.3 Å². The lowest BCUT2D eigenvalue weighted by molar-refractivity contribution is 0.174. The Hall–Kier alpha value is -1.72. The van der Waals surface area contributed by atoms with Crippen molar-refractivity contribution in [2.75, 3.05) is 6.79 Å². The molecule has 2 heterocycles. The molecule has 1 N–H and O–H groups in total. The molecular formula is C14H15ClN2O3. The van der Waals surface area contributed by atoms with Crippen molar-refractivity contribution < 1.29 is 13.9 Å². The summed E-state index contributed by atoms with van der Waals surface area (Å²) in [6.45, 7) is 3.49. The molecule has 106 valence electrons. The number of aromatic nitrogens is 1. The molecule has 0 aliphatic carbocycles. The number of hydrogen-bond acceptors (Lipinski definition) is 5. The first-order valence-electron chi connectivity index (χ1n) is 6.48. The molecule has 0 saturated heterocycles. The van der Waals surface area contributed by atoms with E-state index < -0.39 is 0 Å². The Labute approximate surface area is 121 Å². The van der Waals surface area contributed by atoms with Crippen LogP contribution in [0.5, 0.6) is 11.5 Å². The molecule has 3 rings (SSSR count). The number of ether oxygens (including phenoxy) is 2. The largest absolute Gasteiger partial charge is 0.454 e. The van der Waals surface area contributed by atoms with Crippen LogP contribution in [0.2, 0.25) is 5.02 Å². The fourth-order valence-corrected chi connectivity index (χ4v) is 2.32. The summed E-state index contributed by atoms with van der Waals surface area (Å²) in [7, 11) is 0. The maximum Gasteiger partial charge on any atom is 0.231 e. The predicted octanol–water partition coefficient (Wildman–Crippen LogP) is 2.91. The predicted molar refractivity (Wildman–Crippen MR) is 74.0 cm³/mol. The first-order valence-corrected chi connectivity index (χ1v) is 6.86. The number of hydrogen-bond donors (Lipinski definition) is 1. The second-order valence-electron chi connectivity index (χ2n) is 4.49. The van der Waals surface area contributed by atoms with Crippen LogP contribution in [0.3, 0.4) is 0 Å². The van der Waals surface area contributed by atoms with Gasteiger partial charge in [0.25, 0.3) is 0 Å². The summed E-state index contributed by atoms with van der Waals surface area (Å²) < 4.78 is 16.1. The molecule has 0 amide bonds. The van der Waals surface area contributed by atoms with E-state index in [2.05, 4.69) is 10.3 Å². The molecule has 0 radical (unpaired) electrons. The zero-order valence-corrected chi connectivity index (χ0v) is 11.9. The molecular weight excluding hydrogens is 280 g/mol. The van der Waals surface area contributed by atoms with Gasteiger partial charge in [-0.1, -0.05) is 18.5 Å². The topological polar surface area (TPSA) is 56.5 Å². The second kappa shape index (κ2) is 5.73. The van der Waals surface area contributed by atoms with Gasteiger partial charge < -0.3 is 19.2 Å².